The van der Waals surface area contributed by atoms with E-state index in [1.165, 1.54) is 40.4 Å². The number of aryl methyl sites for hydroxylation is 2. The van der Waals surface area contributed by atoms with Crippen molar-refractivity contribution in [1.82, 2.24) is 9.62 Å². The zero-order valence-corrected chi connectivity index (χ0v) is 20.9. The van der Waals surface area contributed by atoms with Crippen LogP contribution >= 0.6 is 11.6 Å². The second-order valence-corrected chi connectivity index (χ2v) is 11.4. The molecule has 2 aromatic rings. The number of hydrogen-bond acceptors (Lipinski definition) is 3. The van der Waals surface area contributed by atoms with Crippen LogP contribution in [0.2, 0.25) is 5.02 Å². The van der Waals surface area contributed by atoms with Crippen molar-refractivity contribution in [3.63, 3.8) is 0 Å². The Morgan fingerprint density at radius 3 is 2.36 bits per heavy atom. The molecule has 5 nitrogen and oxygen atoms in total. The maximum absolute atomic E-state index is 13.3. The monoisotopic (exact) mass is 488 g/mol. The molecule has 1 N–H and O–H groups in total. The van der Waals surface area contributed by atoms with Gasteiger partial charge in [-0.15, -0.1) is 0 Å². The molecule has 4 rings (SSSR count). The van der Waals surface area contributed by atoms with Crippen LogP contribution in [0.1, 0.15) is 85.0 Å². The van der Waals surface area contributed by atoms with Gasteiger partial charge in [-0.05, 0) is 79.8 Å². The van der Waals surface area contributed by atoms with Crippen molar-refractivity contribution >= 4 is 27.5 Å². The Labute approximate surface area is 202 Å². The minimum atomic E-state index is -3.75. The third-order valence-corrected chi connectivity index (χ3v) is 9.24. The summed E-state index contributed by atoms with van der Waals surface area (Å²) in [5, 5.41) is 3.25. The number of nitrogens with zero attached hydrogens (tertiary/aromatic N) is 1. The lowest BCUT2D eigenvalue weighted by molar-refractivity contribution is 0.0935. The van der Waals surface area contributed by atoms with Crippen LogP contribution in [0.25, 0.3) is 0 Å². The average Bonchev–Trinajstić information content (AvgIpc) is 3.12. The van der Waals surface area contributed by atoms with Gasteiger partial charge in [-0.1, -0.05) is 49.6 Å². The molecule has 1 fully saturated rings. The molecule has 1 saturated heterocycles. The Kier molecular flexibility index (Phi) is 7.77. The molecule has 33 heavy (non-hydrogen) atoms. The van der Waals surface area contributed by atoms with Gasteiger partial charge in [0.2, 0.25) is 10.0 Å². The van der Waals surface area contributed by atoms with Gasteiger partial charge in [0, 0.05) is 18.7 Å². The summed E-state index contributed by atoms with van der Waals surface area (Å²) in [4.78, 5) is 13.1. The van der Waals surface area contributed by atoms with Gasteiger partial charge in [0.05, 0.1) is 11.1 Å². The number of benzene rings is 2. The summed E-state index contributed by atoms with van der Waals surface area (Å²) in [5.41, 5.74) is 4.19. The Morgan fingerprint density at radius 2 is 1.67 bits per heavy atom. The summed E-state index contributed by atoms with van der Waals surface area (Å²) in [6, 6.07) is 10.9. The second kappa shape index (κ2) is 10.6. The normalized spacial score (nSPS) is 18.2. The van der Waals surface area contributed by atoms with Gasteiger partial charge in [0.15, 0.2) is 0 Å². The molecule has 0 spiro atoms. The molecule has 1 aliphatic heterocycles. The van der Waals surface area contributed by atoms with E-state index in [1.54, 1.807) is 6.07 Å². The van der Waals surface area contributed by atoms with E-state index in [9.17, 15) is 13.2 Å². The molecule has 2 aromatic carbocycles. The highest BCUT2D eigenvalue weighted by molar-refractivity contribution is 7.89. The molecule has 178 valence electrons. The number of sulfonamides is 1. The SMILES string of the molecule is CCC(NC(=O)c1ccc(Cl)c(S(=O)(=O)N2CCCCCC2)c1)c1ccc2c(c1)CCCC2. The van der Waals surface area contributed by atoms with E-state index in [-0.39, 0.29) is 21.9 Å². The lowest BCUT2D eigenvalue weighted by atomic mass is 9.88. The van der Waals surface area contributed by atoms with Gasteiger partial charge < -0.3 is 5.32 Å². The summed E-state index contributed by atoms with van der Waals surface area (Å²) in [6.07, 6.45) is 9.15. The molecule has 1 atom stereocenters. The molecule has 2 aliphatic rings. The van der Waals surface area contributed by atoms with E-state index < -0.39 is 10.0 Å². The average molecular weight is 489 g/mol. The van der Waals surface area contributed by atoms with Crippen molar-refractivity contribution in [2.75, 3.05) is 13.1 Å². The van der Waals surface area contributed by atoms with Crippen LogP contribution in [0.3, 0.4) is 0 Å². The van der Waals surface area contributed by atoms with Crippen molar-refractivity contribution in [1.29, 1.82) is 0 Å². The second-order valence-electron chi connectivity index (χ2n) is 9.13. The third kappa shape index (κ3) is 5.44. The Hall–Kier alpha value is -1.89. The van der Waals surface area contributed by atoms with Crippen molar-refractivity contribution in [2.24, 2.45) is 0 Å². The van der Waals surface area contributed by atoms with Gasteiger partial charge >= 0.3 is 0 Å². The fourth-order valence-corrected chi connectivity index (χ4v) is 6.91. The van der Waals surface area contributed by atoms with Crippen LogP contribution < -0.4 is 5.32 Å². The van der Waals surface area contributed by atoms with Crippen LogP contribution in [-0.4, -0.2) is 31.7 Å². The topological polar surface area (TPSA) is 66.5 Å². The van der Waals surface area contributed by atoms with Crippen molar-refractivity contribution < 1.29 is 13.2 Å². The number of rotatable bonds is 6. The maximum atomic E-state index is 13.3. The standard InChI is InChI=1S/C26H33ClN2O3S/c1-2-24(21-12-11-19-9-5-6-10-20(19)17-21)28-26(30)22-13-14-23(27)25(18-22)33(31,32)29-15-7-3-4-8-16-29/h11-14,17-18,24H,2-10,15-16H2,1H3,(H,28,30). The van der Waals surface area contributed by atoms with Gasteiger partial charge in [0.1, 0.15) is 4.90 Å². The number of carbonyl (C=O) groups is 1. The summed E-state index contributed by atoms with van der Waals surface area (Å²) >= 11 is 6.30. The number of carbonyl (C=O) groups excluding carboxylic acids is 1. The van der Waals surface area contributed by atoms with E-state index in [1.807, 2.05) is 6.92 Å². The van der Waals surface area contributed by atoms with Crippen molar-refractivity contribution in [3.05, 3.63) is 63.7 Å². The Morgan fingerprint density at radius 1 is 0.970 bits per heavy atom. The number of nitrogens with one attached hydrogen (secondary N) is 1. The molecule has 0 saturated carbocycles. The minimum absolute atomic E-state index is 0.0144. The number of amides is 1. The van der Waals surface area contributed by atoms with Gasteiger partial charge in [-0.2, -0.15) is 4.31 Å². The fraction of sp³-hybridized carbons (Fsp3) is 0.500. The predicted octanol–water partition coefficient (Wildman–Crippen LogP) is 5.66. The zero-order valence-electron chi connectivity index (χ0n) is 19.3. The Bertz CT molecular complexity index is 1110. The maximum Gasteiger partial charge on any atom is 0.251 e. The minimum Gasteiger partial charge on any atom is -0.345 e. The lowest BCUT2D eigenvalue weighted by Crippen LogP contribution is -2.32. The molecular weight excluding hydrogens is 456 g/mol. The highest BCUT2D eigenvalue weighted by Crippen LogP contribution is 2.29. The third-order valence-electron chi connectivity index (χ3n) is 6.86. The van der Waals surface area contributed by atoms with Crippen molar-refractivity contribution in [3.8, 4) is 0 Å². The lowest BCUT2D eigenvalue weighted by Gasteiger charge is -2.23. The van der Waals surface area contributed by atoms with Gasteiger partial charge in [0.25, 0.3) is 5.91 Å². The van der Waals surface area contributed by atoms with Crippen LogP contribution in [0, 0.1) is 0 Å². The molecule has 1 aliphatic carbocycles. The molecule has 1 amide bonds. The number of fused-ring (bicyclic) bond motifs is 1. The smallest absolute Gasteiger partial charge is 0.251 e. The first-order chi connectivity index (χ1) is 15.9. The molecule has 7 heteroatoms. The van der Waals surface area contributed by atoms with Crippen molar-refractivity contribution in [2.45, 2.75) is 75.6 Å². The molecule has 0 bridgehead atoms. The van der Waals surface area contributed by atoms with E-state index in [4.69, 9.17) is 11.6 Å². The number of hydrogen-bond donors (Lipinski definition) is 1. The fourth-order valence-electron chi connectivity index (χ4n) is 4.90. The summed E-state index contributed by atoms with van der Waals surface area (Å²) < 4.78 is 28.1. The summed E-state index contributed by atoms with van der Waals surface area (Å²) in [7, 11) is -3.75. The zero-order chi connectivity index (χ0) is 23.4. The highest BCUT2D eigenvalue weighted by atomic mass is 35.5. The molecule has 1 unspecified atom stereocenters. The summed E-state index contributed by atoms with van der Waals surface area (Å²) in [5.74, 6) is -0.288. The first kappa shape index (κ1) is 24.2. The van der Waals surface area contributed by atoms with Crippen LogP contribution in [0.15, 0.2) is 41.3 Å². The van der Waals surface area contributed by atoms with Crippen LogP contribution in [0.4, 0.5) is 0 Å². The quantitative estimate of drug-likeness (QED) is 0.570. The highest BCUT2D eigenvalue weighted by Gasteiger charge is 2.28. The number of halogens is 1. The van der Waals surface area contributed by atoms with E-state index in [0.29, 0.717) is 18.7 Å². The van der Waals surface area contributed by atoms with Crippen LogP contribution in [-0.2, 0) is 22.9 Å². The van der Waals surface area contributed by atoms with E-state index in [2.05, 4.69) is 23.5 Å². The first-order valence-electron chi connectivity index (χ1n) is 12.1. The first-order valence-corrected chi connectivity index (χ1v) is 13.9. The van der Waals surface area contributed by atoms with E-state index >= 15 is 0 Å². The molecule has 0 aromatic heterocycles. The molecular formula is C26H33ClN2O3S. The van der Waals surface area contributed by atoms with E-state index in [0.717, 1.165) is 50.5 Å². The molecule has 1 heterocycles. The van der Waals surface area contributed by atoms with Gasteiger partial charge in [-0.3, -0.25) is 4.79 Å². The van der Waals surface area contributed by atoms with Gasteiger partial charge in [-0.25, -0.2) is 8.42 Å². The summed E-state index contributed by atoms with van der Waals surface area (Å²) in [6.45, 7) is 3.03. The Balaban J connectivity index is 1.55. The molecule has 0 radical (unpaired) electrons. The van der Waals surface area contributed by atoms with Crippen LogP contribution in [0.5, 0.6) is 0 Å². The predicted molar refractivity (Wildman–Crippen MR) is 132 cm³/mol. The largest absolute Gasteiger partial charge is 0.345 e.